The van der Waals surface area contributed by atoms with E-state index in [2.05, 4.69) is 6.92 Å². The summed E-state index contributed by atoms with van der Waals surface area (Å²) in [5, 5.41) is 0. The number of carbonyl (C=O) groups excluding carboxylic acids is 1. The third kappa shape index (κ3) is 2.69. The Morgan fingerprint density at radius 2 is 2.24 bits per heavy atom. The van der Waals surface area contributed by atoms with Gasteiger partial charge in [-0.3, -0.25) is 9.69 Å². The maximum atomic E-state index is 13.4. The molecule has 17 heavy (non-hydrogen) atoms. The fraction of sp³-hybridized carbons (Fsp3) is 0.462. The molecule has 0 saturated carbocycles. The zero-order valence-electron chi connectivity index (χ0n) is 9.75. The Kier molecular flexibility index (Phi) is 3.52. The molecule has 0 aliphatic carbocycles. The zero-order chi connectivity index (χ0) is 12.4. The fourth-order valence-corrected chi connectivity index (χ4v) is 2.21. The van der Waals surface area contributed by atoms with Gasteiger partial charge in [-0.1, -0.05) is 0 Å². The van der Waals surface area contributed by atoms with Gasteiger partial charge in [0.1, 0.15) is 11.6 Å². The molecular formula is C13H15F2NO. The van der Waals surface area contributed by atoms with Crippen molar-refractivity contribution >= 4 is 5.78 Å². The summed E-state index contributed by atoms with van der Waals surface area (Å²) < 4.78 is 26.1. The van der Waals surface area contributed by atoms with E-state index in [1.165, 1.54) is 6.07 Å². The standard InChI is InChI=1S/C13H15F2NO/c1-9-3-2-6-16(9)8-13(17)11-5-4-10(14)7-12(11)15/h4-5,7,9H,2-3,6,8H2,1H3. The van der Waals surface area contributed by atoms with Gasteiger partial charge in [0, 0.05) is 12.1 Å². The van der Waals surface area contributed by atoms with Crippen LogP contribution in [0.4, 0.5) is 8.78 Å². The molecule has 1 aliphatic heterocycles. The van der Waals surface area contributed by atoms with Gasteiger partial charge >= 0.3 is 0 Å². The smallest absolute Gasteiger partial charge is 0.179 e. The Labute approximate surface area is 99.2 Å². The lowest BCUT2D eigenvalue weighted by molar-refractivity contribution is 0.0922. The first-order valence-electron chi connectivity index (χ1n) is 5.80. The van der Waals surface area contributed by atoms with Crippen molar-refractivity contribution in [1.82, 2.24) is 4.90 Å². The lowest BCUT2D eigenvalue weighted by Gasteiger charge is -2.19. The minimum absolute atomic E-state index is 0.0227. The van der Waals surface area contributed by atoms with Gasteiger partial charge in [-0.05, 0) is 38.4 Å². The highest BCUT2D eigenvalue weighted by molar-refractivity contribution is 5.97. The number of carbonyl (C=O) groups is 1. The molecule has 2 nitrogen and oxygen atoms in total. The summed E-state index contributed by atoms with van der Waals surface area (Å²) in [5.41, 5.74) is -0.0227. The average Bonchev–Trinajstić information content (AvgIpc) is 2.64. The van der Waals surface area contributed by atoms with Crippen molar-refractivity contribution in [2.24, 2.45) is 0 Å². The van der Waals surface area contributed by atoms with Crippen LogP contribution in [-0.4, -0.2) is 29.8 Å². The molecule has 92 valence electrons. The number of hydrogen-bond acceptors (Lipinski definition) is 2. The van der Waals surface area contributed by atoms with Crippen molar-refractivity contribution in [3.8, 4) is 0 Å². The maximum absolute atomic E-state index is 13.4. The first-order chi connectivity index (χ1) is 8.08. The molecule has 1 fully saturated rings. The minimum Gasteiger partial charge on any atom is -0.293 e. The normalized spacial score (nSPS) is 20.8. The first kappa shape index (κ1) is 12.2. The van der Waals surface area contributed by atoms with Crippen molar-refractivity contribution in [3.63, 3.8) is 0 Å². The van der Waals surface area contributed by atoms with Gasteiger partial charge in [-0.25, -0.2) is 8.78 Å². The first-order valence-corrected chi connectivity index (χ1v) is 5.80. The van der Waals surface area contributed by atoms with E-state index in [0.29, 0.717) is 6.04 Å². The van der Waals surface area contributed by atoms with Gasteiger partial charge < -0.3 is 0 Å². The Bertz CT molecular complexity index is 433. The zero-order valence-corrected chi connectivity index (χ0v) is 9.75. The molecule has 1 heterocycles. The molecular weight excluding hydrogens is 224 g/mol. The average molecular weight is 239 g/mol. The highest BCUT2D eigenvalue weighted by atomic mass is 19.1. The molecule has 0 aromatic heterocycles. The lowest BCUT2D eigenvalue weighted by Crippen LogP contribution is -2.32. The second kappa shape index (κ2) is 4.92. The van der Waals surface area contributed by atoms with Crippen LogP contribution in [0.15, 0.2) is 18.2 Å². The summed E-state index contributed by atoms with van der Waals surface area (Å²) >= 11 is 0. The Morgan fingerprint density at radius 1 is 1.47 bits per heavy atom. The van der Waals surface area contributed by atoms with Crippen LogP contribution in [-0.2, 0) is 0 Å². The molecule has 0 amide bonds. The predicted octanol–water partition coefficient (Wildman–Crippen LogP) is 2.63. The van der Waals surface area contributed by atoms with Crippen LogP contribution in [0.3, 0.4) is 0 Å². The number of nitrogens with zero attached hydrogens (tertiary/aromatic N) is 1. The molecule has 1 saturated heterocycles. The predicted molar refractivity (Wildman–Crippen MR) is 61.0 cm³/mol. The summed E-state index contributed by atoms with van der Waals surface area (Å²) in [7, 11) is 0. The van der Waals surface area contributed by atoms with E-state index in [0.717, 1.165) is 31.5 Å². The number of likely N-dealkylation sites (tertiary alicyclic amines) is 1. The third-order valence-corrected chi connectivity index (χ3v) is 3.27. The van der Waals surface area contributed by atoms with Crippen LogP contribution in [0.5, 0.6) is 0 Å². The van der Waals surface area contributed by atoms with Gasteiger partial charge in [-0.2, -0.15) is 0 Å². The van der Waals surface area contributed by atoms with Gasteiger partial charge in [0.25, 0.3) is 0 Å². The SMILES string of the molecule is CC1CCCN1CC(=O)c1ccc(F)cc1F. The van der Waals surface area contributed by atoms with Gasteiger partial charge in [0.15, 0.2) is 5.78 Å². The second-order valence-electron chi connectivity index (χ2n) is 4.51. The number of rotatable bonds is 3. The van der Waals surface area contributed by atoms with Gasteiger partial charge in [-0.15, -0.1) is 0 Å². The lowest BCUT2D eigenvalue weighted by atomic mass is 10.1. The molecule has 1 unspecified atom stereocenters. The summed E-state index contributed by atoms with van der Waals surface area (Å²) in [6.45, 7) is 3.14. The van der Waals surface area contributed by atoms with Crippen molar-refractivity contribution in [2.45, 2.75) is 25.8 Å². The third-order valence-electron chi connectivity index (χ3n) is 3.27. The maximum Gasteiger partial charge on any atom is 0.179 e. The summed E-state index contributed by atoms with van der Waals surface area (Å²) in [6.07, 6.45) is 2.14. The second-order valence-corrected chi connectivity index (χ2v) is 4.51. The van der Waals surface area contributed by atoms with Crippen molar-refractivity contribution < 1.29 is 13.6 Å². The van der Waals surface area contributed by atoms with E-state index in [1.807, 2.05) is 4.90 Å². The molecule has 4 heteroatoms. The van der Waals surface area contributed by atoms with Crippen molar-refractivity contribution in [1.29, 1.82) is 0 Å². The number of benzene rings is 1. The van der Waals surface area contributed by atoms with E-state index in [1.54, 1.807) is 0 Å². The highest BCUT2D eigenvalue weighted by Crippen LogP contribution is 2.18. The molecule has 1 aliphatic rings. The molecule has 1 aromatic rings. The van der Waals surface area contributed by atoms with E-state index in [9.17, 15) is 13.6 Å². The van der Waals surface area contributed by atoms with Gasteiger partial charge in [0.05, 0.1) is 12.1 Å². The van der Waals surface area contributed by atoms with E-state index in [-0.39, 0.29) is 17.9 Å². The van der Waals surface area contributed by atoms with Crippen LogP contribution >= 0.6 is 0 Å². The molecule has 0 N–H and O–H groups in total. The molecule has 0 bridgehead atoms. The molecule has 0 radical (unpaired) electrons. The van der Waals surface area contributed by atoms with Crippen molar-refractivity contribution in [2.75, 3.05) is 13.1 Å². The van der Waals surface area contributed by atoms with Crippen LogP contribution in [0.1, 0.15) is 30.1 Å². The van der Waals surface area contributed by atoms with Crippen LogP contribution < -0.4 is 0 Å². The molecule has 1 atom stereocenters. The fourth-order valence-electron chi connectivity index (χ4n) is 2.21. The monoisotopic (exact) mass is 239 g/mol. The largest absolute Gasteiger partial charge is 0.293 e. The van der Waals surface area contributed by atoms with Gasteiger partial charge in [0.2, 0.25) is 0 Å². The van der Waals surface area contributed by atoms with E-state index >= 15 is 0 Å². The number of hydrogen-bond donors (Lipinski definition) is 0. The number of halogens is 2. The van der Waals surface area contributed by atoms with Crippen LogP contribution in [0.2, 0.25) is 0 Å². The van der Waals surface area contributed by atoms with Crippen LogP contribution in [0, 0.1) is 11.6 Å². The van der Waals surface area contributed by atoms with Crippen LogP contribution in [0.25, 0.3) is 0 Å². The Hall–Kier alpha value is -1.29. The van der Waals surface area contributed by atoms with Crippen molar-refractivity contribution in [3.05, 3.63) is 35.4 Å². The number of ketones is 1. The summed E-state index contributed by atoms with van der Waals surface area (Å²) in [4.78, 5) is 13.9. The van der Waals surface area contributed by atoms with E-state index < -0.39 is 11.6 Å². The minimum atomic E-state index is -0.776. The summed E-state index contributed by atoms with van der Waals surface area (Å²) in [6, 6.07) is 3.44. The Morgan fingerprint density at radius 3 is 2.82 bits per heavy atom. The molecule has 2 rings (SSSR count). The quantitative estimate of drug-likeness (QED) is 0.756. The number of Topliss-reactive ketones (excluding diaryl/α,β-unsaturated/α-hetero) is 1. The molecule has 0 spiro atoms. The topological polar surface area (TPSA) is 20.3 Å². The summed E-state index contributed by atoms with van der Waals surface area (Å²) in [5.74, 6) is -1.72. The Balaban J connectivity index is 2.09. The highest BCUT2D eigenvalue weighted by Gasteiger charge is 2.23. The van der Waals surface area contributed by atoms with E-state index in [4.69, 9.17) is 0 Å². The molecule has 1 aromatic carbocycles.